The molecule has 0 aliphatic carbocycles. The van der Waals surface area contributed by atoms with E-state index in [9.17, 15) is 8.42 Å². The monoisotopic (exact) mass is 274 g/mol. The molecule has 0 radical (unpaired) electrons. The summed E-state index contributed by atoms with van der Waals surface area (Å²) in [5.41, 5.74) is 5.56. The minimum Gasteiger partial charge on any atom is -0.383 e. The Morgan fingerprint density at radius 3 is 2.17 bits per heavy atom. The Kier molecular flexibility index (Phi) is 3.67. The summed E-state index contributed by atoms with van der Waals surface area (Å²) in [5, 5.41) is 7.31. The molecule has 0 fully saturated rings. The molecule has 3 N–H and O–H groups in total. The maximum atomic E-state index is 11.8. The Morgan fingerprint density at radius 2 is 1.83 bits per heavy atom. The number of nitrogen functional groups attached to an aromatic ring is 1. The Bertz CT molecular complexity index is 538. The largest absolute Gasteiger partial charge is 0.383 e. The van der Waals surface area contributed by atoms with Crippen molar-refractivity contribution < 1.29 is 8.42 Å². The molecule has 1 aromatic rings. The van der Waals surface area contributed by atoms with Gasteiger partial charge >= 0.3 is 0 Å². The lowest BCUT2D eigenvalue weighted by Crippen LogP contribution is -2.25. The summed E-state index contributed by atoms with van der Waals surface area (Å²) in [5.74, 6) is 0.494. The number of hydrogen-bond acceptors (Lipinski definition) is 5. The zero-order valence-corrected chi connectivity index (χ0v) is 12.6. The van der Waals surface area contributed by atoms with Gasteiger partial charge in [0.05, 0.1) is 5.54 Å². The Morgan fingerprint density at radius 1 is 1.33 bits per heavy atom. The number of sulfone groups is 1. The highest BCUT2D eigenvalue weighted by Crippen LogP contribution is 2.31. The topological polar surface area (TPSA) is 90.0 Å². The number of anilines is 2. The lowest BCUT2D eigenvalue weighted by atomic mass is 10.1. The van der Waals surface area contributed by atoms with Gasteiger partial charge < -0.3 is 11.1 Å². The number of nitrogens with zero attached hydrogens (tertiary/aromatic N) is 2. The Balaban J connectivity index is 3.52. The van der Waals surface area contributed by atoms with E-state index >= 15 is 0 Å². The molecular formula is C11H22N4O2S. The quantitative estimate of drug-likeness (QED) is 0.870. The molecule has 0 amide bonds. The van der Waals surface area contributed by atoms with Crippen molar-refractivity contribution in [3.05, 3.63) is 0 Å². The van der Waals surface area contributed by atoms with E-state index < -0.39 is 9.84 Å². The van der Waals surface area contributed by atoms with Crippen LogP contribution in [-0.4, -0.2) is 30.5 Å². The van der Waals surface area contributed by atoms with E-state index in [1.54, 1.807) is 0 Å². The average molecular weight is 274 g/mol. The molecule has 7 heteroatoms. The third-order valence-corrected chi connectivity index (χ3v) is 3.45. The van der Waals surface area contributed by atoms with Gasteiger partial charge in [-0.1, -0.05) is 0 Å². The maximum absolute atomic E-state index is 11.8. The molecule has 0 aromatic carbocycles. The third-order valence-electron chi connectivity index (χ3n) is 2.31. The normalized spacial score (nSPS) is 13.1. The highest BCUT2D eigenvalue weighted by Gasteiger charge is 2.28. The molecule has 0 bridgehead atoms. The third kappa shape index (κ3) is 2.95. The summed E-state index contributed by atoms with van der Waals surface area (Å²) in [7, 11) is -3.42. The smallest absolute Gasteiger partial charge is 0.182 e. The van der Waals surface area contributed by atoms with Gasteiger partial charge in [0.1, 0.15) is 5.82 Å². The number of nitrogens with one attached hydrogen (secondary N) is 1. The first kappa shape index (κ1) is 14.8. The van der Waals surface area contributed by atoms with Crippen LogP contribution in [0.25, 0.3) is 0 Å². The number of nitrogens with two attached hydrogens (primary N) is 1. The van der Waals surface area contributed by atoms with Crippen LogP contribution >= 0.6 is 0 Å². The number of aromatic nitrogens is 2. The van der Waals surface area contributed by atoms with Crippen LogP contribution < -0.4 is 11.1 Å². The van der Waals surface area contributed by atoms with Gasteiger partial charge in [-0.3, -0.25) is 0 Å². The SMILES string of the molecule is CC(C)Nc1nn(C(C)(C)C)c(N)c1S(C)(=O)=O. The first-order valence-corrected chi connectivity index (χ1v) is 7.69. The predicted molar refractivity (Wildman–Crippen MR) is 73.5 cm³/mol. The van der Waals surface area contributed by atoms with Crippen LogP contribution in [-0.2, 0) is 15.4 Å². The average Bonchev–Trinajstić information content (AvgIpc) is 2.39. The van der Waals surface area contributed by atoms with Gasteiger partial charge in [-0.2, -0.15) is 5.10 Å². The van der Waals surface area contributed by atoms with Crippen molar-refractivity contribution in [2.75, 3.05) is 17.3 Å². The summed E-state index contributed by atoms with van der Waals surface area (Å²) in [4.78, 5) is 0.0751. The van der Waals surface area contributed by atoms with Crippen LogP contribution in [0.1, 0.15) is 34.6 Å². The highest BCUT2D eigenvalue weighted by molar-refractivity contribution is 7.91. The summed E-state index contributed by atoms with van der Waals surface area (Å²) >= 11 is 0. The van der Waals surface area contributed by atoms with E-state index in [1.807, 2.05) is 34.6 Å². The minimum atomic E-state index is -3.42. The van der Waals surface area contributed by atoms with Crippen molar-refractivity contribution in [2.45, 2.75) is 51.1 Å². The second kappa shape index (κ2) is 4.46. The van der Waals surface area contributed by atoms with Gasteiger partial charge in [0.2, 0.25) is 0 Å². The van der Waals surface area contributed by atoms with Gasteiger partial charge in [0.15, 0.2) is 20.6 Å². The second-order valence-corrected chi connectivity index (χ2v) is 7.67. The lowest BCUT2D eigenvalue weighted by Gasteiger charge is -2.20. The van der Waals surface area contributed by atoms with E-state index in [0.29, 0.717) is 5.82 Å². The number of hydrogen-bond donors (Lipinski definition) is 2. The van der Waals surface area contributed by atoms with Gasteiger partial charge in [0, 0.05) is 12.3 Å². The van der Waals surface area contributed by atoms with Crippen LogP contribution in [0.5, 0.6) is 0 Å². The summed E-state index contributed by atoms with van der Waals surface area (Å²) < 4.78 is 25.2. The van der Waals surface area contributed by atoms with Crippen LogP contribution in [0.3, 0.4) is 0 Å². The lowest BCUT2D eigenvalue weighted by molar-refractivity contribution is 0.362. The fourth-order valence-electron chi connectivity index (χ4n) is 1.66. The molecule has 0 spiro atoms. The molecule has 0 saturated carbocycles. The van der Waals surface area contributed by atoms with E-state index in [4.69, 9.17) is 5.73 Å². The molecular weight excluding hydrogens is 252 g/mol. The van der Waals surface area contributed by atoms with Crippen LogP contribution in [0.4, 0.5) is 11.6 Å². The van der Waals surface area contributed by atoms with E-state index in [1.165, 1.54) is 4.68 Å². The molecule has 0 unspecified atom stereocenters. The van der Waals surface area contributed by atoms with Crippen LogP contribution in [0.15, 0.2) is 4.90 Å². The molecule has 0 aliphatic rings. The molecule has 0 atom stereocenters. The van der Waals surface area contributed by atoms with Crippen LogP contribution in [0, 0.1) is 0 Å². The van der Waals surface area contributed by atoms with Crippen molar-refractivity contribution >= 4 is 21.5 Å². The van der Waals surface area contributed by atoms with Crippen molar-refractivity contribution in [1.29, 1.82) is 0 Å². The Hall–Kier alpha value is -1.24. The predicted octanol–water partition coefficient (Wildman–Crippen LogP) is 1.44. The highest BCUT2D eigenvalue weighted by atomic mass is 32.2. The first-order chi connectivity index (χ1) is 7.94. The van der Waals surface area contributed by atoms with Gasteiger partial charge in [-0.15, -0.1) is 0 Å². The van der Waals surface area contributed by atoms with Crippen molar-refractivity contribution in [3.8, 4) is 0 Å². The molecule has 0 aliphatic heterocycles. The fourth-order valence-corrected chi connectivity index (χ4v) is 2.58. The van der Waals surface area contributed by atoms with Crippen molar-refractivity contribution in [2.24, 2.45) is 0 Å². The Labute approximate surface area is 108 Å². The molecule has 6 nitrogen and oxygen atoms in total. The molecule has 1 rings (SSSR count). The van der Waals surface area contributed by atoms with Crippen molar-refractivity contribution in [1.82, 2.24) is 9.78 Å². The molecule has 104 valence electrons. The molecule has 1 aromatic heterocycles. The van der Waals surface area contributed by atoms with E-state index in [-0.39, 0.29) is 22.3 Å². The standard InChI is InChI=1S/C11H22N4O2S/c1-7(2)13-10-8(18(6,16)17)9(12)15(14-10)11(3,4)5/h7H,12H2,1-6H3,(H,13,14). The fraction of sp³-hybridized carbons (Fsp3) is 0.727. The molecule has 18 heavy (non-hydrogen) atoms. The zero-order valence-electron chi connectivity index (χ0n) is 11.8. The molecule has 0 saturated heterocycles. The number of rotatable bonds is 3. The first-order valence-electron chi connectivity index (χ1n) is 5.80. The van der Waals surface area contributed by atoms with Gasteiger partial charge in [-0.25, -0.2) is 13.1 Å². The van der Waals surface area contributed by atoms with E-state index in [0.717, 1.165) is 6.26 Å². The van der Waals surface area contributed by atoms with Crippen LogP contribution in [0.2, 0.25) is 0 Å². The summed E-state index contributed by atoms with van der Waals surface area (Å²) in [6.07, 6.45) is 1.14. The second-order valence-electron chi connectivity index (χ2n) is 5.72. The van der Waals surface area contributed by atoms with Crippen molar-refractivity contribution in [3.63, 3.8) is 0 Å². The summed E-state index contributed by atoms with van der Waals surface area (Å²) in [6.45, 7) is 9.58. The maximum Gasteiger partial charge on any atom is 0.182 e. The minimum absolute atomic E-state index is 0.0751. The van der Waals surface area contributed by atoms with E-state index in [2.05, 4.69) is 10.4 Å². The summed E-state index contributed by atoms with van der Waals surface area (Å²) in [6, 6.07) is 0.0771. The zero-order chi connectivity index (χ0) is 14.3. The van der Waals surface area contributed by atoms with Gasteiger partial charge in [0.25, 0.3) is 0 Å². The molecule has 1 heterocycles. The van der Waals surface area contributed by atoms with Gasteiger partial charge in [-0.05, 0) is 34.6 Å².